The third-order valence-electron chi connectivity index (χ3n) is 8.35. The average molecular weight is 506 g/mol. The minimum atomic E-state index is -1.31. The van der Waals surface area contributed by atoms with Gasteiger partial charge in [0.25, 0.3) is 0 Å². The van der Waals surface area contributed by atoms with Crippen molar-refractivity contribution in [3.05, 3.63) is 0 Å². The van der Waals surface area contributed by atoms with Gasteiger partial charge >= 0.3 is 0 Å². The van der Waals surface area contributed by atoms with Crippen LogP contribution in [0.15, 0.2) is 0 Å². The summed E-state index contributed by atoms with van der Waals surface area (Å²) in [6.07, 6.45) is 3.39. The molecule has 1 N–H and O–H groups in total. The first-order valence-corrected chi connectivity index (χ1v) is 13.4. The smallest absolute Gasteiger partial charge is 0.245 e. The first kappa shape index (κ1) is 25.0. The fraction of sp³-hybridized carbons (Fsp3) is 0.800. The second kappa shape index (κ2) is 10.3. The number of likely N-dealkylation sites (tertiary alicyclic amines) is 1. The van der Waals surface area contributed by atoms with Crippen molar-refractivity contribution in [3.8, 4) is 0 Å². The molecule has 0 aromatic heterocycles. The van der Waals surface area contributed by atoms with Crippen LogP contribution in [-0.2, 0) is 24.0 Å². The van der Waals surface area contributed by atoms with Crippen molar-refractivity contribution < 1.29 is 28.4 Å². The van der Waals surface area contributed by atoms with Gasteiger partial charge in [-0.05, 0) is 43.9 Å². The van der Waals surface area contributed by atoms with Crippen molar-refractivity contribution in [2.45, 2.75) is 69.6 Å². The summed E-state index contributed by atoms with van der Waals surface area (Å²) in [6.45, 7) is 1.43. The molecule has 4 atom stereocenters. The highest BCUT2D eigenvalue weighted by molar-refractivity contribution is 5.93. The second-order valence-corrected chi connectivity index (χ2v) is 11.1. The van der Waals surface area contributed by atoms with Gasteiger partial charge in [0.05, 0.1) is 6.54 Å². The van der Waals surface area contributed by atoms with Crippen LogP contribution in [0.1, 0.15) is 51.4 Å². The molecule has 4 aliphatic heterocycles. The zero-order valence-electron chi connectivity index (χ0n) is 20.7. The Balaban J connectivity index is 1.37. The molecule has 0 spiro atoms. The van der Waals surface area contributed by atoms with E-state index in [1.807, 2.05) is 4.90 Å². The molecule has 0 unspecified atom stereocenters. The number of carbonyl (C=O) groups is 5. The molecule has 4 heterocycles. The van der Waals surface area contributed by atoms with E-state index in [-0.39, 0.29) is 74.0 Å². The molecule has 0 aromatic carbocycles. The van der Waals surface area contributed by atoms with Crippen molar-refractivity contribution >= 4 is 29.5 Å². The summed E-state index contributed by atoms with van der Waals surface area (Å²) < 4.78 is 14.4. The standard InChI is InChI=1S/C25H36FN5O5/c26-18-11-20-25(36)29-8-5-16(9-22(33)28-6-1-2-7-28)17(12-29)10-23(34)30(15-24(35)31(20)13-18)14-21(32)27-19-3-4-19/h16-20H,1-15H2,(H,27,32)/t16-,17-,18-,20-/m0/s1. The molecule has 36 heavy (non-hydrogen) atoms. The molecule has 1 saturated carbocycles. The van der Waals surface area contributed by atoms with Gasteiger partial charge in [-0.15, -0.1) is 0 Å². The maximum Gasteiger partial charge on any atom is 0.245 e. The van der Waals surface area contributed by atoms with Crippen LogP contribution in [0.2, 0.25) is 0 Å². The number of nitrogens with one attached hydrogen (secondary N) is 1. The lowest BCUT2D eigenvalue weighted by molar-refractivity contribution is -0.146. The van der Waals surface area contributed by atoms with E-state index in [1.165, 1.54) is 9.80 Å². The Morgan fingerprint density at radius 1 is 0.972 bits per heavy atom. The molecule has 2 bridgehead atoms. The minimum Gasteiger partial charge on any atom is -0.352 e. The molecular weight excluding hydrogens is 469 g/mol. The molecule has 5 aliphatic rings. The van der Waals surface area contributed by atoms with E-state index in [2.05, 4.69) is 5.32 Å². The Kier molecular flexibility index (Phi) is 7.16. The Labute approximate surface area is 210 Å². The zero-order valence-corrected chi connectivity index (χ0v) is 20.7. The highest BCUT2D eigenvalue weighted by atomic mass is 19.1. The van der Waals surface area contributed by atoms with Crippen LogP contribution in [0, 0.1) is 11.8 Å². The summed E-state index contributed by atoms with van der Waals surface area (Å²) in [5, 5.41) is 2.85. The van der Waals surface area contributed by atoms with Gasteiger partial charge in [-0.25, -0.2) is 4.39 Å². The normalized spacial score (nSPS) is 31.4. The molecule has 0 radical (unpaired) electrons. The lowest BCUT2D eigenvalue weighted by Gasteiger charge is -2.40. The molecule has 10 nitrogen and oxygen atoms in total. The fourth-order valence-electron chi connectivity index (χ4n) is 6.12. The molecule has 5 fully saturated rings. The van der Waals surface area contributed by atoms with Crippen LogP contribution in [-0.4, -0.2) is 113 Å². The Bertz CT molecular complexity index is 921. The first-order valence-electron chi connectivity index (χ1n) is 13.4. The Morgan fingerprint density at radius 2 is 1.72 bits per heavy atom. The Morgan fingerprint density at radius 3 is 2.44 bits per heavy atom. The van der Waals surface area contributed by atoms with Crippen LogP contribution < -0.4 is 5.32 Å². The van der Waals surface area contributed by atoms with Gasteiger partial charge in [0.15, 0.2) is 0 Å². The quantitative estimate of drug-likeness (QED) is 0.562. The molecule has 11 heteroatoms. The number of alkyl halides is 1. The summed E-state index contributed by atoms with van der Waals surface area (Å²) in [4.78, 5) is 71.4. The van der Waals surface area contributed by atoms with Crippen LogP contribution in [0.5, 0.6) is 0 Å². The number of hydrogen-bond acceptors (Lipinski definition) is 5. The van der Waals surface area contributed by atoms with Crippen LogP contribution >= 0.6 is 0 Å². The van der Waals surface area contributed by atoms with Gasteiger partial charge in [0.2, 0.25) is 29.5 Å². The molecule has 5 amide bonds. The van der Waals surface area contributed by atoms with Crippen molar-refractivity contribution in [2.75, 3.05) is 45.8 Å². The number of rotatable bonds is 5. The molecule has 4 saturated heterocycles. The van der Waals surface area contributed by atoms with Gasteiger partial charge < -0.3 is 24.9 Å². The van der Waals surface area contributed by atoms with E-state index in [1.54, 1.807) is 4.90 Å². The fourth-order valence-corrected chi connectivity index (χ4v) is 6.12. The highest BCUT2D eigenvalue weighted by Crippen LogP contribution is 2.33. The number of fused-ring (bicyclic) bond motifs is 3. The molecule has 0 aromatic rings. The number of nitrogens with zero attached hydrogens (tertiary/aromatic N) is 4. The van der Waals surface area contributed by atoms with E-state index < -0.39 is 18.1 Å². The van der Waals surface area contributed by atoms with Crippen molar-refractivity contribution in [3.63, 3.8) is 0 Å². The monoisotopic (exact) mass is 505 g/mol. The lowest BCUT2D eigenvalue weighted by Crippen LogP contribution is -2.52. The summed E-state index contributed by atoms with van der Waals surface area (Å²) in [5.41, 5.74) is 0. The van der Waals surface area contributed by atoms with Gasteiger partial charge in [0, 0.05) is 51.5 Å². The number of amides is 5. The van der Waals surface area contributed by atoms with Crippen molar-refractivity contribution in [2.24, 2.45) is 11.8 Å². The van der Waals surface area contributed by atoms with E-state index >= 15 is 0 Å². The maximum absolute atomic E-state index is 14.4. The van der Waals surface area contributed by atoms with Crippen LogP contribution in [0.25, 0.3) is 0 Å². The topological polar surface area (TPSA) is 110 Å². The SMILES string of the molecule is O=C(CN1CC(=O)N2C[C@@H](F)C[C@H]2C(=O)N2CC[C@@H](CC(=O)N3CCCC3)[C@@H](CC1=O)C2)NC1CC1. The van der Waals surface area contributed by atoms with E-state index in [4.69, 9.17) is 0 Å². The zero-order chi connectivity index (χ0) is 25.4. The lowest BCUT2D eigenvalue weighted by atomic mass is 9.80. The first-order chi connectivity index (χ1) is 17.3. The van der Waals surface area contributed by atoms with Gasteiger partial charge in [0.1, 0.15) is 25.3 Å². The summed E-state index contributed by atoms with van der Waals surface area (Å²) in [5.74, 6) is -1.72. The number of carbonyl (C=O) groups excluding carboxylic acids is 5. The van der Waals surface area contributed by atoms with E-state index in [9.17, 15) is 28.4 Å². The van der Waals surface area contributed by atoms with Gasteiger partial charge in [-0.1, -0.05) is 0 Å². The summed E-state index contributed by atoms with van der Waals surface area (Å²) in [6, 6.07) is -0.778. The largest absolute Gasteiger partial charge is 0.352 e. The number of piperidine rings is 1. The maximum atomic E-state index is 14.4. The highest BCUT2D eigenvalue weighted by Gasteiger charge is 2.45. The predicted octanol–water partition coefficient (Wildman–Crippen LogP) is -0.0865. The molecule has 1 aliphatic carbocycles. The van der Waals surface area contributed by atoms with E-state index in [0.717, 1.165) is 38.8 Å². The third-order valence-corrected chi connectivity index (χ3v) is 8.35. The molecular formula is C25H36FN5O5. The van der Waals surface area contributed by atoms with Gasteiger partial charge in [-0.2, -0.15) is 0 Å². The second-order valence-electron chi connectivity index (χ2n) is 11.1. The van der Waals surface area contributed by atoms with E-state index in [0.29, 0.717) is 25.9 Å². The van der Waals surface area contributed by atoms with Crippen molar-refractivity contribution in [1.29, 1.82) is 0 Å². The average Bonchev–Trinajstić information content (AvgIpc) is 3.31. The molecule has 5 rings (SSSR count). The predicted molar refractivity (Wildman–Crippen MR) is 126 cm³/mol. The number of halogens is 1. The minimum absolute atomic E-state index is 0.0568. The Hall–Kier alpha value is -2.72. The number of hydrogen-bond donors (Lipinski definition) is 1. The summed E-state index contributed by atoms with van der Waals surface area (Å²) in [7, 11) is 0. The van der Waals surface area contributed by atoms with Crippen LogP contribution in [0.3, 0.4) is 0 Å². The summed E-state index contributed by atoms with van der Waals surface area (Å²) >= 11 is 0. The molecule has 198 valence electrons. The third kappa shape index (κ3) is 5.49. The van der Waals surface area contributed by atoms with Crippen LogP contribution in [0.4, 0.5) is 4.39 Å². The van der Waals surface area contributed by atoms with Crippen molar-refractivity contribution in [1.82, 2.24) is 24.9 Å². The van der Waals surface area contributed by atoms with Gasteiger partial charge in [-0.3, -0.25) is 24.0 Å².